The minimum absolute atomic E-state index is 0.152. The third-order valence-corrected chi connectivity index (χ3v) is 3.51. The lowest BCUT2D eigenvalue weighted by atomic mass is 10.1. The molecule has 10 heteroatoms. The number of methoxy groups -OCH3 is 1. The molecule has 3 N–H and O–H groups in total. The molecule has 1 amide bonds. The fourth-order valence-corrected chi connectivity index (χ4v) is 2.82. The lowest BCUT2D eigenvalue weighted by molar-refractivity contribution is 0.0602. The largest absolute Gasteiger partial charge is 0.465 e. The van der Waals surface area contributed by atoms with Crippen LogP contribution >= 0.6 is 31.9 Å². The van der Waals surface area contributed by atoms with Crippen molar-refractivity contribution in [1.82, 2.24) is 10.3 Å². The average Bonchev–Trinajstić information content (AvgIpc) is 2.86. The van der Waals surface area contributed by atoms with Crippen molar-refractivity contribution in [1.29, 1.82) is 0 Å². The summed E-state index contributed by atoms with van der Waals surface area (Å²) in [6.45, 7) is 0. The Balaban J connectivity index is 2.42. The monoisotopic (exact) mass is 418 g/mol. The number of ether oxygens (including phenoxy) is 1. The molecule has 0 bridgehead atoms. The number of anilines is 2. The van der Waals surface area contributed by atoms with Crippen LogP contribution in [0.3, 0.4) is 0 Å². The van der Waals surface area contributed by atoms with Gasteiger partial charge in [0.1, 0.15) is 0 Å². The van der Waals surface area contributed by atoms with E-state index in [-0.39, 0.29) is 22.8 Å². The molecular formula is C11H8Br2N4O4. The van der Waals surface area contributed by atoms with E-state index in [0.29, 0.717) is 8.95 Å². The zero-order valence-electron chi connectivity index (χ0n) is 10.5. The van der Waals surface area contributed by atoms with Crippen molar-refractivity contribution in [3.8, 4) is 0 Å². The van der Waals surface area contributed by atoms with E-state index < -0.39 is 11.9 Å². The van der Waals surface area contributed by atoms with Gasteiger partial charge in [0.15, 0.2) is 0 Å². The van der Waals surface area contributed by atoms with Crippen LogP contribution < -0.4 is 11.1 Å². The number of nitrogens with one attached hydrogen (secondary N) is 1. The number of amides is 1. The number of halogens is 2. The molecule has 110 valence electrons. The van der Waals surface area contributed by atoms with Gasteiger partial charge in [0.2, 0.25) is 11.5 Å². The van der Waals surface area contributed by atoms with Crippen molar-refractivity contribution in [3.05, 3.63) is 32.3 Å². The minimum atomic E-state index is -0.665. The van der Waals surface area contributed by atoms with Gasteiger partial charge in [-0.15, -0.1) is 0 Å². The van der Waals surface area contributed by atoms with Crippen LogP contribution in [0.5, 0.6) is 0 Å². The summed E-state index contributed by atoms with van der Waals surface area (Å²) in [5.74, 6) is -1.43. The normalized spacial score (nSPS) is 10.2. The summed E-state index contributed by atoms with van der Waals surface area (Å²) < 4.78 is 10.1. The number of nitrogens with two attached hydrogens (primary N) is 1. The zero-order valence-corrected chi connectivity index (χ0v) is 13.7. The molecule has 0 saturated heterocycles. The Bertz CT molecular complexity index is 716. The molecule has 0 aliphatic heterocycles. The Morgan fingerprint density at radius 2 is 2.05 bits per heavy atom. The van der Waals surface area contributed by atoms with Crippen molar-refractivity contribution in [3.63, 3.8) is 0 Å². The van der Waals surface area contributed by atoms with Gasteiger partial charge in [0.05, 0.1) is 18.4 Å². The van der Waals surface area contributed by atoms with Crippen LogP contribution in [-0.4, -0.2) is 29.3 Å². The fraction of sp³-hybridized carbons (Fsp3) is 0.0909. The van der Waals surface area contributed by atoms with Crippen molar-refractivity contribution in [2.75, 3.05) is 18.2 Å². The predicted molar refractivity (Wildman–Crippen MR) is 79.8 cm³/mol. The molecule has 21 heavy (non-hydrogen) atoms. The Kier molecular flexibility index (Phi) is 4.58. The van der Waals surface area contributed by atoms with Crippen LogP contribution in [0.2, 0.25) is 0 Å². The lowest BCUT2D eigenvalue weighted by Gasteiger charge is -2.11. The van der Waals surface area contributed by atoms with Gasteiger partial charge in [-0.25, -0.2) is 9.42 Å². The number of rotatable bonds is 3. The minimum Gasteiger partial charge on any atom is -0.465 e. The van der Waals surface area contributed by atoms with Gasteiger partial charge in [-0.05, 0) is 38.4 Å². The van der Waals surface area contributed by atoms with E-state index in [1.807, 2.05) is 0 Å². The Labute approximate surface area is 135 Å². The summed E-state index contributed by atoms with van der Waals surface area (Å²) in [7, 11) is 1.24. The highest BCUT2D eigenvalue weighted by molar-refractivity contribution is 9.11. The molecule has 0 saturated carbocycles. The lowest BCUT2D eigenvalue weighted by Crippen LogP contribution is -2.17. The van der Waals surface area contributed by atoms with E-state index in [1.54, 1.807) is 6.07 Å². The standard InChI is InChI=1S/C11H8Br2N4O4/c1-20-11(19)5-2-4(12)3-6(13)7(5)15-10(18)8-9(14)17-21-16-8/h2-3H,1H3,(H2,14,17)(H,15,18). The van der Waals surface area contributed by atoms with Crippen LogP contribution in [0.1, 0.15) is 20.8 Å². The highest BCUT2D eigenvalue weighted by Crippen LogP contribution is 2.31. The summed E-state index contributed by atoms with van der Waals surface area (Å²) in [6, 6.07) is 3.17. The van der Waals surface area contributed by atoms with Crippen molar-refractivity contribution >= 4 is 55.2 Å². The van der Waals surface area contributed by atoms with E-state index >= 15 is 0 Å². The third kappa shape index (κ3) is 3.22. The number of nitrogen functional groups attached to an aromatic ring is 1. The molecular weight excluding hydrogens is 412 g/mol. The SMILES string of the molecule is COC(=O)c1cc(Br)cc(Br)c1NC(=O)c1nonc1N. The van der Waals surface area contributed by atoms with Crippen molar-refractivity contribution < 1.29 is 19.0 Å². The summed E-state index contributed by atoms with van der Waals surface area (Å²) >= 11 is 6.52. The summed E-state index contributed by atoms with van der Waals surface area (Å²) in [5, 5.41) is 9.21. The predicted octanol–water partition coefficient (Wildman–Crippen LogP) is 2.22. The first-order chi connectivity index (χ1) is 9.93. The number of hydrogen-bond acceptors (Lipinski definition) is 7. The molecule has 1 aromatic heterocycles. The zero-order chi connectivity index (χ0) is 15.6. The smallest absolute Gasteiger partial charge is 0.340 e. The maximum Gasteiger partial charge on any atom is 0.340 e. The van der Waals surface area contributed by atoms with Crippen LogP contribution in [-0.2, 0) is 4.74 Å². The van der Waals surface area contributed by atoms with E-state index in [0.717, 1.165) is 0 Å². The Morgan fingerprint density at radius 3 is 2.62 bits per heavy atom. The van der Waals surface area contributed by atoms with Crippen molar-refractivity contribution in [2.45, 2.75) is 0 Å². The number of hydrogen-bond donors (Lipinski definition) is 2. The molecule has 0 atom stereocenters. The topological polar surface area (TPSA) is 120 Å². The van der Waals surface area contributed by atoms with Crippen LogP contribution in [0.15, 0.2) is 25.7 Å². The number of nitrogens with zero attached hydrogens (tertiary/aromatic N) is 2. The molecule has 2 aromatic rings. The number of carbonyl (C=O) groups excluding carboxylic acids is 2. The fourth-order valence-electron chi connectivity index (χ4n) is 1.50. The van der Waals surface area contributed by atoms with Gasteiger partial charge >= 0.3 is 5.97 Å². The van der Waals surface area contributed by atoms with Gasteiger partial charge < -0.3 is 15.8 Å². The molecule has 0 aliphatic carbocycles. The number of benzene rings is 1. The van der Waals surface area contributed by atoms with Gasteiger partial charge in [-0.3, -0.25) is 4.79 Å². The van der Waals surface area contributed by atoms with E-state index in [4.69, 9.17) is 5.73 Å². The molecule has 0 unspecified atom stereocenters. The maximum absolute atomic E-state index is 12.1. The summed E-state index contributed by atoms with van der Waals surface area (Å²) in [4.78, 5) is 23.8. The van der Waals surface area contributed by atoms with Gasteiger partial charge in [-0.2, -0.15) is 0 Å². The van der Waals surface area contributed by atoms with Gasteiger partial charge in [0.25, 0.3) is 5.91 Å². The molecule has 1 heterocycles. The second kappa shape index (κ2) is 6.22. The molecule has 1 aromatic carbocycles. The molecule has 0 radical (unpaired) electrons. The number of aromatic nitrogens is 2. The molecule has 0 aliphatic rings. The number of carbonyl (C=O) groups is 2. The van der Waals surface area contributed by atoms with Crippen LogP contribution in [0.4, 0.5) is 11.5 Å². The molecule has 0 fully saturated rings. The Morgan fingerprint density at radius 1 is 1.33 bits per heavy atom. The second-order valence-corrected chi connectivity index (χ2v) is 5.52. The van der Waals surface area contributed by atoms with Crippen LogP contribution in [0, 0.1) is 0 Å². The third-order valence-electron chi connectivity index (χ3n) is 2.43. The average molecular weight is 420 g/mol. The summed E-state index contributed by atoms with van der Waals surface area (Å²) in [6.07, 6.45) is 0. The van der Waals surface area contributed by atoms with Gasteiger partial charge in [-0.1, -0.05) is 15.9 Å². The van der Waals surface area contributed by atoms with E-state index in [2.05, 4.69) is 56.9 Å². The molecule has 8 nitrogen and oxygen atoms in total. The maximum atomic E-state index is 12.1. The second-order valence-electron chi connectivity index (χ2n) is 3.75. The van der Waals surface area contributed by atoms with E-state index in [9.17, 15) is 9.59 Å². The van der Waals surface area contributed by atoms with Crippen LogP contribution in [0.25, 0.3) is 0 Å². The first-order valence-electron chi connectivity index (χ1n) is 5.40. The van der Waals surface area contributed by atoms with Gasteiger partial charge in [0, 0.05) is 8.95 Å². The van der Waals surface area contributed by atoms with E-state index in [1.165, 1.54) is 13.2 Å². The molecule has 2 rings (SSSR count). The number of esters is 1. The highest BCUT2D eigenvalue weighted by Gasteiger charge is 2.22. The first-order valence-corrected chi connectivity index (χ1v) is 6.99. The van der Waals surface area contributed by atoms with Crippen molar-refractivity contribution in [2.24, 2.45) is 0 Å². The highest BCUT2D eigenvalue weighted by atomic mass is 79.9. The Hall–Kier alpha value is -1.94. The quantitative estimate of drug-likeness (QED) is 0.731. The molecule has 0 spiro atoms. The first kappa shape index (κ1) is 15.4. The summed E-state index contributed by atoms with van der Waals surface area (Å²) in [5.41, 5.74) is 5.64.